The molecule has 0 fully saturated rings. The Kier molecular flexibility index (Phi) is 7.86. The van der Waals surface area contributed by atoms with Crippen LogP contribution < -0.4 is 0 Å². The highest BCUT2D eigenvalue weighted by Crippen LogP contribution is 2.81. The highest BCUT2D eigenvalue weighted by atomic mass is 31.3. The van der Waals surface area contributed by atoms with E-state index in [1.54, 1.807) is 0 Å². The van der Waals surface area contributed by atoms with Gasteiger partial charge in [0.2, 0.25) is 0 Å². The molecule has 0 radical (unpaired) electrons. The highest BCUT2D eigenvalue weighted by Gasteiger charge is 2.39. The molecule has 5 atom stereocenters. The number of halogens is 5. The van der Waals surface area contributed by atoms with Crippen molar-refractivity contribution in [3.8, 4) is 0 Å². The first-order valence-corrected chi connectivity index (χ1v) is 13.9. The molecule has 150 valence electrons. The maximum atomic E-state index is 14.6. The summed E-state index contributed by atoms with van der Waals surface area (Å²) in [5.41, 5.74) is 0. The van der Waals surface area contributed by atoms with Gasteiger partial charge in [-0.05, 0) is 0 Å². The Morgan fingerprint density at radius 3 is 1.28 bits per heavy atom. The van der Waals surface area contributed by atoms with Crippen molar-refractivity contribution in [2.45, 2.75) is 0 Å². The van der Waals surface area contributed by atoms with Crippen LogP contribution in [0.15, 0.2) is 22.6 Å². The smallest absolute Gasteiger partial charge is 0.386 e. The first kappa shape index (κ1) is 23.6. The molecular weight excluding hydrogens is 460 g/mol. The summed E-state index contributed by atoms with van der Waals surface area (Å²) in [5, 5.41) is 18.1. The highest BCUT2D eigenvalue weighted by molar-refractivity contribution is 7.80. The summed E-state index contributed by atoms with van der Waals surface area (Å²) < 4.78 is 99.7. The molecule has 0 bridgehead atoms. The standard InChI is InChI=1S/C5H15F5N5O5P5/c1-18-23(8)12-21(6,4-16)11-22(7,5-17)13-24(9,19-2)15-25(10,14-23)20-3/h16-17H,4-5H2,1-3H3. The Labute approximate surface area is 140 Å². The van der Waals surface area contributed by atoms with E-state index in [9.17, 15) is 21.0 Å². The normalized spacial score (nSPS) is 45.2. The van der Waals surface area contributed by atoms with Gasteiger partial charge >= 0.3 is 23.2 Å². The molecule has 0 saturated carbocycles. The summed E-state index contributed by atoms with van der Waals surface area (Å²) in [5.74, 6) is 0. The van der Waals surface area contributed by atoms with E-state index in [2.05, 4.69) is 36.1 Å². The maximum Gasteiger partial charge on any atom is 0.387 e. The summed E-state index contributed by atoms with van der Waals surface area (Å²) >= 11 is 0. The molecule has 0 amide bonds. The van der Waals surface area contributed by atoms with Crippen LogP contribution in [0.5, 0.6) is 0 Å². The van der Waals surface area contributed by atoms with E-state index in [0.717, 1.165) is 0 Å². The minimum absolute atomic E-state index is 0.636. The number of aliphatic hydroxyl groups excluding tert-OH is 2. The lowest BCUT2D eigenvalue weighted by Crippen LogP contribution is -1.87. The Hall–Kier alpha value is 0.600. The molecule has 5 unspecified atom stereocenters. The zero-order valence-electron chi connectivity index (χ0n) is 12.9. The third-order valence-electron chi connectivity index (χ3n) is 2.27. The number of hydrogen-bond acceptors (Lipinski definition) is 10. The second kappa shape index (κ2) is 8.31. The van der Waals surface area contributed by atoms with Gasteiger partial charge in [0.25, 0.3) is 15.0 Å². The third-order valence-corrected chi connectivity index (χ3v) is 14.1. The van der Waals surface area contributed by atoms with Crippen LogP contribution in [0.1, 0.15) is 0 Å². The van der Waals surface area contributed by atoms with Gasteiger partial charge in [-0.25, -0.2) is 0 Å². The predicted octanol–water partition coefficient (Wildman–Crippen LogP) is 6.59. The van der Waals surface area contributed by atoms with E-state index in [1.807, 2.05) is 0 Å². The second-order valence-corrected chi connectivity index (χ2v) is 14.6. The summed E-state index contributed by atoms with van der Waals surface area (Å²) in [4.78, 5) is 0. The zero-order valence-corrected chi connectivity index (χ0v) is 17.4. The Bertz CT molecular complexity index is 622. The van der Waals surface area contributed by atoms with E-state index in [4.69, 9.17) is 10.2 Å². The van der Waals surface area contributed by atoms with Crippen molar-refractivity contribution < 1.29 is 44.8 Å². The fraction of sp³-hybridized carbons (Fsp3) is 1.00. The van der Waals surface area contributed by atoms with Crippen LogP contribution in [0, 0.1) is 0 Å². The van der Waals surface area contributed by atoms with Crippen LogP contribution in [0.4, 0.5) is 21.0 Å². The van der Waals surface area contributed by atoms with Gasteiger partial charge in [-0.3, -0.25) is 0 Å². The molecule has 1 heterocycles. The fourth-order valence-electron chi connectivity index (χ4n) is 1.24. The molecule has 0 saturated heterocycles. The molecule has 0 aliphatic carbocycles. The lowest BCUT2D eigenvalue weighted by Gasteiger charge is -2.20. The van der Waals surface area contributed by atoms with Gasteiger partial charge in [0.1, 0.15) is 12.7 Å². The summed E-state index contributed by atoms with van der Waals surface area (Å²) in [6.45, 7) is 0. The molecule has 0 aromatic rings. The van der Waals surface area contributed by atoms with E-state index >= 15 is 0 Å². The van der Waals surface area contributed by atoms with Crippen molar-refractivity contribution in [1.29, 1.82) is 0 Å². The fourth-order valence-corrected chi connectivity index (χ4v) is 12.8. The third kappa shape index (κ3) is 6.04. The molecule has 0 aromatic carbocycles. The minimum atomic E-state index is -5.22. The molecular formula is C5H15F5N5O5P5. The van der Waals surface area contributed by atoms with Crippen LogP contribution in [0.25, 0.3) is 0 Å². The molecule has 20 heteroatoms. The molecule has 2 N–H and O–H groups in total. The van der Waals surface area contributed by atoms with Crippen molar-refractivity contribution in [3.05, 3.63) is 0 Å². The van der Waals surface area contributed by atoms with Gasteiger partial charge < -0.3 is 23.8 Å². The lowest BCUT2D eigenvalue weighted by molar-refractivity contribution is 0.358. The molecule has 0 spiro atoms. The van der Waals surface area contributed by atoms with Gasteiger partial charge in [0.05, 0.1) is 0 Å². The van der Waals surface area contributed by atoms with Gasteiger partial charge in [-0.1, -0.05) is 0 Å². The van der Waals surface area contributed by atoms with Gasteiger partial charge in [0.15, 0.2) is 0 Å². The predicted molar refractivity (Wildman–Crippen MR) is 87.5 cm³/mol. The van der Waals surface area contributed by atoms with Crippen LogP contribution in [0.2, 0.25) is 0 Å². The van der Waals surface area contributed by atoms with E-state index in [-0.39, 0.29) is 0 Å². The van der Waals surface area contributed by atoms with Crippen LogP contribution in [0.3, 0.4) is 0 Å². The molecule has 10 nitrogen and oxygen atoms in total. The lowest BCUT2D eigenvalue weighted by atomic mass is 11.7. The van der Waals surface area contributed by atoms with Crippen LogP contribution in [-0.2, 0) is 13.6 Å². The van der Waals surface area contributed by atoms with Gasteiger partial charge in [-0.2, -0.15) is 34.5 Å². The van der Waals surface area contributed by atoms with Gasteiger partial charge in [-0.15, -0.1) is 9.03 Å². The van der Waals surface area contributed by atoms with E-state index in [1.165, 1.54) is 0 Å². The number of rotatable bonds is 5. The Balaban J connectivity index is 4.18. The van der Waals surface area contributed by atoms with Crippen molar-refractivity contribution in [2.24, 2.45) is 22.6 Å². The second-order valence-electron chi connectivity index (χ2n) is 3.98. The van der Waals surface area contributed by atoms with Crippen molar-refractivity contribution in [3.63, 3.8) is 0 Å². The average molecular weight is 475 g/mol. The molecule has 1 rings (SSSR count). The average Bonchev–Trinajstić information content (AvgIpc) is 2.53. The summed E-state index contributed by atoms with van der Waals surface area (Å²) in [6.07, 6.45) is -3.27. The zero-order chi connectivity index (χ0) is 19.6. The van der Waals surface area contributed by atoms with Gasteiger partial charge in [0, 0.05) is 21.3 Å². The first-order chi connectivity index (χ1) is 11.3. The molecule has 1 aliphatic rings. The first-order valence-electron chi connectivity index (χ1n) is 5.88. The number of nitrogens with zero attached hydrogens (tertiary/aromatic N) is 5. The maximum absolute atomic E-state index is 14.6. The quantitative estimate of drug-likeness (QED) is 0.343. The topological polar surface area (TPSA) is 130 Å². The Morgan fingerprint density at radius 2 is 0.920 bits per heavy atom. The number of hydrogen-bond donors (Lipinski definition) is 2. The Morgan fingerprint density at radius 1 is 0.600 bits per heavy atom. The van der Waals surface area contributed by atoms with Crippen molar-refractivity contribution >= 4 is 38.3 Å². The monoisotopic (exact) mass is 475 g/mol. The molecule has 1 aliphatic heterocycles. The van der Waals surface area contributed by atoms with E-state index in [0.29, 0.717) is 21.3 Å². The number of aliphatic hydroxyl groups is 2. The van der Waals surface area contributed by atoms with Crippen molar-refractivity contribution in [1.82, 2.24) is 0 Å². The minimum Gasteiger partial charge on any atom is -0.386 e. The van der Waals surface area contributed by atoms with Crippen LogP contribution >= 0.6 is 38.3 Å². The van der Waals surface area contributed by atoms with Crippen molar-refractivity contribution in [2.75, 3.05) is 34.0 Å². The summed E-state index contributed by atoms with van der Waals surface area (Å²) in [7, 11) is -24.0. The molecule has 0 aromatic heterocycles. The SMILES string of the molecule is COP1(F)=NP(F)(CO)=NP(F)(CO)=NP(F)(OC)=NP(F)(OC)=N1. The van der Waals surface area contributed by atoms with E-state index < -0.39 is 51.0 Å². The molecule has 25 heavy (non-hydrogen) atoms. The summed E-state index contributed by atoms with van der Waals surface area (Å²) in [6, 6.07) is 0. The van der Waals surface area contributed by atoms with Crippen LogP contribution in [-0.4, -0.2) is 44.2 Å². The largest absolute Gasteiger partial charge is 0.387 e.